The Balaban J connectivity index is 1.91. The highest BCUT2D eigenvalue weighted by Gasteiger charge is 2.12. The van der Waals surface area contributed by atoms with Gasteiger partial charge in [0, 0.05) is 16.6 Å². The van der Waals surface area contributed by atoms with Crippen LogP contribution in [0.1, 0.15) is 62.6 Å². The molecule has 1 aromatic carbocycles. The summed E-state index contributed by atoms with van der Waals surface area (Å²) in [6.07, 6.45) is 13.5. The summed E-state index contributed by atoms with van der Waals surface area (Å²) in [5.74, 6) is 0.968. The topological polar surface area (TPSA) is 25.0 Å². The number of H-pyrrole nitrogens is 1. The molecule has 0 radical (unpaired) electrons. The fourth-order valence-corrected chi connectivity index (χ4v) is 3.57. The number of methoxy groups -OCH3 is 1. The van der Waals surface area contributed by atoms with Crippen LogP contribution in [0.15, 0.2) is 18.2 Å². The van der Waals surface area contributed by atoms with Crippen LogP contribution in [0.2, 0.25) is 0 Å². The average Bonchev–Trinajstić information content (AvgIpc) is 2.84. The van der Waals surface area contributed by atoms with E-state index < -0.39 is 0 Å². The van der Waals surface area contributed by atoms with Gasteiger partial charge in [-0.2, -0.15) is 0 Å². The summed E-state index contributed by atoms with van der Waals surface area (Å²) in [5, 5.41) is 1.38. The zero-order valence-corrected chi connectivity index (χ0v) is 13.2. The summed E-state index contributed by atoms with van der Waals surface area (Å²) in [6.45, 7) is 0. The van der Waals surface area contributed by atoms with Gasteiger partial charge in [-0.1, -0.05) is 38.5 Å². The van der Waals surface area contributed by atoms with Crippen molar-refractivity contribution < 1.29 is 4.74 Å². The molecular weight excluding hydrogens is 258 g/mol. The van der Waals surface area contributed by atoms with E-state index in [4.69, 9.17) is 4.74 Å². The van der Waals surface area contributed by atoms with Crippen LogP contribution in [0.5, 0.6) is 5.75 Å². The highest BCUT2D eigenvalue weighted by molar-refractivity contribution is 5.86. The van der Waals surface area contributed by atoms with E-state index in [1.54, 1.807) is 12.7 Å². The summed E-state index contributed by atoms with van der Waals surface area (Å²) in [7, 11) is 1.75. The van der Waals surface area contributed by atoms with Gasteiger partial charge in [-0.05, 0) is 49.4 Å². The summed E-state index contributed by atoms with van der Waals surface area (Å²) in [4.78, 5) is 3.66. The van der Waals surface area contributed by atoms with Crippen molar-refractivity contribution in [3.05, 3.63) is 29.5 Å². The molecule has 1 aliphatic rings. The molecule has 0 fully saturated rings. The molecule has 0 atom stereocenters. The van der Waals surface area contributed by atoms with Crippen LogP contribution in [0.3, 0.4) is 0 Å². The first kappa shape index (κ1) is 14.5. The van der Waals surface area contributed by atoms with Crippen molar-refractivity contribution in [2.24, 2.45) is 0 Å². The van der Waals surface area contributed by atoms with Gasteiger partial charge in [0.2, 0.25) is 0 Å². The Morgan fingerprint density at radius 3 is 2.24 bits per heavy atom. The minimum absolute atomic E-state index is 0.968. The molecule has 0 unspecified atom stereocenters. The Kier molecular flexibility index (Phi) is 4.84. The lowest BCUT2D eigenvalue weighted by molar-refractivity contribution is 0.415. The lowest BCUT2D eigenvalue weighted by Crippen LogP contribution is -1.95. The second-order valence-corrected chi connectivity index (χ2v) is 6.32. The summed E-state index contributed by atoms with van der Waals surface area (Å²) >= 11 is 0. The third-order valence-electron chi connectivity index (χ3n) is 4.81. The molecule has 1 heterocycles. The quantitative estimate of drug-likeness (QED) is 0.746. The molecule has 3 rings (SSSR count). The molecule has 0 aliphatic heterocycles. The Labute approximate surface area is 127 Å². The molecule has 0 saturated heterocycles. The minimum Gasteiger partial charge on any atom is -0.497 e. The normalized spacial score (nSPS) is 17.8. The Morgan fingerprint density at radius 2 is 1.52 bits per heavy atom. The van der Waals surface area contributed by atoms with E-state index in [2.05, 4.69) is 23.2 Å². The minimum atomic E-state index is 0.968. The van der Waals surface area contributed by atoms with E-state index >= 15 is 0 Å². The average molecular weight is 285 g/mol. The molecule has 0 saturated carbocycles. The summed E-state index contributed by atoms with van der Waals surface area (Å²) < 4.78 is 5.41. The lowest BCUT2D eigenvalue weighted by atomic mass is 9.98. The van der Waals surface area contributed by atoms with Gasteiger partial charge in [0.05, 0.1) is 7.11 Å². The monoisotopic (exact) mass is 285 g/mol. The predicted octanol–water partition coefficient (Wildman–Crippen LogP) is 5.40. The molecule has 1 aromatic heterocycles. The number of rotatable bonds is 1. The van der Waals surface area contributed by atoms with E-state index in [1.165, 1.54) is 80.8 Å². The molecule has 0 bridgehead atoms. The second kappa shape index (κ2) is 7.02. The number of aryl methyl sites for hydroxylation is 2. The molecule has 2 aromatic rings. The van der Waals surface area contributed by atoms with Crippen LogP contribution in [-0.4, -0.2) is 12.1 Å². The van der Waals surface area contributed by atoms with Gasteiger partial charge in [-0.3, -0.25) is 0 Å². The molecule has 1 N–H and O–H groups in total. The maximum atomic E-state index is 5.41. The van der Waals surface area contributed by atoms with Gasteiger partial charge >= 0.3 is 0 Å². The van der Waals surface area contributed by atoms with Crippen LogP contribution in [0.25, 0.3) is 10.9 Å². The largest absolute Gasteiger partial charge is 0.497 e. The molecule has 1 aliphatic carbocycles. The van der Waals surface area contributed by atoms with Gasteiger partial charge < -0.3 is 9.72 Å². The number of aromatic amines is 1. The number of ether oxygens (including phenoxy) is 1. The van der Waals surface area contributed by atoms with Crippen molar-refractivity contribution >= 4 is 10.9 Å². The van der Waals surface area contributed by atoms with E-state index in [-0.39, 0.29) is 0 Å². The maximum Gasteiger partial charge on any atom is 0.119 e. The maximum absolute atomic E-state index is 5.41. The standard InChI is InChI=1S/C19H27NO/c1-21-15-12-13-19-17(14-15)16-10-8-6-4-2-3-5-7-9-11-18(16)20-19/h12-14,20H,2-11H2,1H3. The van der Waals surface area contributed by atoms with E-state index in [1.807, 2.05) is 0 Å². The Morgan fingerprint density at radius 1 is 0.857 bits per heavy atom. The van der Waals surface area contributed by atoms with Crippen LogP contribution >= 0.6 is 0 Å². The van der Waals surface area contributed by atoms with Crippen molar-refractivity contribution in [3.63, 3.8) is 0 Å². The number of aromatic nitrogens is 1. The predicted molar refractivity (Wildman–Crippen MR) is 89.2 cm³/mol. The zero-order chi connectivity index (χ0) is 14.5. The SMILES string of the molecule is COc1ccc2[nH]c3c(c2c1)CCCCCCCCCC3. The number of hydrogen-bond donors (Lipinski definition) is 1. The van der Waals surface area contributed by atoms with Crippen LogP contribution in [0, 0.1) is 0 Å². The number of nitrogens with one attached hydrogen (secondary N) is 1. The van der Waals surface area contributed by atoms with Crippen molar-refractivity contribution in [1.82, 2.24) is 4.98 Å². The molecule has 0 spiro atoms. The molecule has 2 nitrogen and oxygen atoms in total. The molecule has 114 valence electrons. The second-order valence-electron chi connectivity index (χ2n) is 6.32. The zero-order valence-electron chi connectivity index (χ0n) is 13.2. The van der Waals surface area contributed by atoms with E-state index in [0.717, 1.165) is 5.75 Å². The number of hydrogen-bond acceptors (Lipinski definition) is 1. The molecule has 0 amide bonds. The number of benzene rings is 1. The fourth-order valence-electron chi connectivity index (χ4n) is 3.57. The van der Waals surface area contributed by atoms with Crippen molar-refractivity contribution in [1.29, 1.82) is 0 Å². The highest BCUT2D eigenvalue weighted by atomic mass is 16.5. The van der Waals surface area contributed by atoms with Crippen molar-refractivity contribution in [3.8, 4) is 5.75 Å². The molecular formula is C19H27NO. The van der Waals surface area contributed by atoms with Gasteiger partial charge in [-0.15, -0.1) is 0 Å². The Hall–Kier alpha value is -1.44. The first-order valence-electron chi connectivity index (χ1n) is 8.56. The smallest absolute Gasteiger partial charge is 0.119 e. The van der Waals surface area contributed by atoms with E-state index in [9.17, 15) is 0 Å². The van der Waals surface area contributed by atoms with E-state index in [0.29, 0.717) is 0 Å². The first-order valence-corrected chi connectivity index (χ1v) is 8.56. The summed E-state index contributed by atoms with van der Waals surface area (Å²) in [5.41, 5.74) is 4.29. The van der Waals surface area contributed by atoms with Crippen LogP contribution in [0.4, 0.5) is 0 Å². The first-order chi connectivity index (χ1) is 10.4. The highest BCUT2D eigenvalue weighted by Crippen LogP contribution is 2.29. The van der Waals surface area contributed by atoms with Gasteiger partial charge in [-0.25, -0.2) is 0 Å². The summed E-state index contributed by atoms with van der Waals surface area (Å²) in [6, 6.07) is 6.43. The molecule has 21 heavy (non-hydrogen) atoms. The third-order valence-corrected chi connectivity index (χ3v) is 4.81. The fraction of sp³-hybridized carbons (Fsp3) is 0.579. The Bertz CT molecular complexity index is 585. The lowest BCUT2D eigenvalue weighted by Gasteiger charge is -2.08. The third kappa shape index (κ3) is 3.42. The van der Waals surface area contributed by atoms with Gasteiger partial charge in [0.15, 0.2) is 0 Å². The molecule has 2 heteroatoms. The van der Waals surface area contributed by atoms with Crippen LogP contribution < -0.4 is 4.74 Å². The van der Waals surface area contributed by atoms with Crippen molar-refractivity contribution in [2.75, 3.05) is 7.11 Å². The van der Waals surface area contributed by atoms with Gasteiger partial charge in [0.1, 0.15) is 5.75 Å². The number of fused-ring (bicyclic) bond motifs is 3. The van der Waals surface area contributed by atoms with Crippen LogP contribution in [-0.2, 0) is 12.8 Å². The van der Waals surface area contributed by atoms with Crippen molar-refractivity contribution in [2.45, 2.75) is 64.2 Å². The van der Waals surface area contributed by atoms with Gasteiger partial charge in [0.25, 0.3) is 0 Å².